The molecule has 1 unspecified atom stereocenters. The molecule has 0 aliphatic carbocycles. The Morgan fingerprint density at radius 1 is 0.464 bits per heavy atom. The normalized spacial score (nSPS) is 12.0. The summed E-state index contributed by atoms with van der Waals surface area (Å²) in [6.45, 7) is 0. The predicted molar refractivity (Wildman–Crippen MR) is 123 cm³/mol. The molecule has 0 spiro atoms. The van der Waals surface area contributed by atoms with E-state index in [2.05, 4.69) is 121 Å². The highest BCUT2D eigenvalue weighted by Crippen LogP contribution is 2.68. The molecule has 4 aromatic rings. The first-order chi connectivity index (χ1) is 13.3. The molecular formula is C25H22ClPS. The number of benzene rings is 4. The van der Waals surface area contributed by atoms with Crippen LogP contribution in [-0.4, -0.2) is 0 Å². The predicted octanol–water partition coefficient (Wildman–Crippen LogP) is 2.61. The third kappa shape index (κ3) is 3.76. The van der Waals surface area contributed by atoms with Crippen molar-refractivity contribution in [3.05, 3.63) is 127 Å². The van der Waals surface area contributed by atoms with Gasteiger partial charge in [0.15, 0.2) is 4.99 Å². The summed E-state index contributed by atoms with van der Waals surface area (Å²) in [5, 5.41) is 4.06. The summed E-state index contributed by atoms with van der Waals surface area (Å²) in [6, 6.07) is 43.4. The highest BCUT2D eigenvalue weighted by Gasteiger charge is 2.51. The number of hydrogen-bond acceptors (Lipinski definition) is 1. The van der Waals surface area contributed by atoms with Gasteiger partial charge in [-0.05, 0) is 36.4 Å². The van der Waals surface area contributed by atoms with E-state index in [1.807, 2.05) is 0 Å². The van der Waals surface area contributed by atoms with Crippen LogP contribution in [-0.2, 0) is 0 Å². The van der Waals surface area contributed by atoms with Crippen LogP contribution in [0.15, 0.2) is 121 Å². The Morgan fingerprint density at radius 2 is 0.750 bits per heavy atom. The average Bonchev–Trinajstić information content (AvgIpc) is 2.77. The lowest BCUT2D eigenvalue weighted by molar-refractivity contribution is -0.00000507. The zero-order chi connectivity index (χ0) is 18.5. The van der Waals surface area contributed by atoms with Gasteiger partial charge in [-0.15, -0.1) is 12.6 Å². The van der Waals surface area contributed by atoms with Crippen LogP contribution in [0, 0.1) is 0 Å². The van der Waals surface area contributed by atoms with E-state index >= 15 is 0 Å². The zero-order valence-electron chi connectivity index (χ0n) is 15.4. The summed E-state index contributed by atoms with van der Waals surface area (Å²) < 4.78 is 0. The number of rotatable bonds is 5. The van der Waals surface area contributed by atoms with Crippen LogP contribution in [0.2, 0.25) is 0 Å². The van der Waals surface area contributed by atoms with E-state index in [1.165, 1.54) is 21.5 Å². The lowest BCUT2D eigenvalue weighted by atomic mass is 10.2. The van der Waals surface area contributed by atoms with Crippen molar-refractivity contribution in [3.8, 4) is 0 Å². The fourth-order valence-corrected chi connectivity index (χ4v) is 9.37. The fraction of sp³-hybridized carbons (Fsp3) is 0.0400. The van der Waals surface area contributed by atoms with Gasteiger partial charge >= 0.3 is 0 Å². The quantitative estimate of drug-likeness (QED) is 0.372. The van der Waals surface area contributed by atoms with Gasteiger partial charge in [0.05, 0.1) is 0 Å². The molecule has 0 bridgehead atoms. The molecule has 0 amide bonds. The van der Waals surface area contributed by atoms with E-state index in [4.69, 9.17) is 12.6 Å². The minimum Gasteiger partial charge on any atom is -1.00 e. The van der Waals surface area contributed by atoms with E-state index in [0.29, 0.717) is 0 Å². The minimum atomic E-state index is -2.00. The zero-order valence-corrected chi connectivity index (χ0v) is 17.9. The maximum Gasteiger partial charge on any atom is 0.151 e. The topological polar surface area (TPSA) is 0 Å². The molecule has 0 aliphatic heterocycles. The van der Waals surface area contributed by atoms with Crippen molar-refractivity contribution >= 4 is 35.8 Å². The third-order valence-electron chi connectivity index (χ3n) is 4.95. The highest BCUT2D eigenvalue weighted by atomic mass is 35.5. The summed E-state index contributed by atoms with van der Waals surface area (Å²) >= 11 is 5.28. The van der Waals surface area contributed by atoms with Gasteiger partial charge in [0, 0.05) is 5.56 Å². The number of hydrogen-bond donors (Lipinski definition) is 1. The summed E-state index contributed by atoms with van der Waals surface area (Å²) in [6.07, 6.45) is 0. The molecule has 4 aromatic carbocycles. The highest BCUT2D eigenvalue weighted by molar-refractivity contribution is 8.06. The second kappa shape index (κ2) is 9.43. The van der Waals surface area contributed by atoms with E-state index in [1.54, 1.807) is 0 Å². The molecule has 0 aliphatic rings. The molecule has 0 saturated carbocycles. The Labute approximate surface area is 179 Å². The van der Waals surface area contributed by atoms with Crippen molar-refractivity contribution < 1.29 is 12.4 Å². The number of halogens is 1. The molecular weight excluding hydrogens is 399 g/mol. The van der Waals surface area contributed by atoms with Crippen molar-refractivity contribution in [3.63, 3.8) is 0 Å². The third-order valence-corrected chi connectivity index (χ3v) is 10.7. The first-order valence-electron chi connectivity index (χ1n) is 9.12. The van der Waals surface area contributed by atoms with E-state index in [0.717, 1.165) is 0 Å². The number of thiol groups is 1. The van der Waals surface area contributed by atoms with Crippen molar-refractivity contribution in [2.45, 2.75) is 4.99 Å². The van der Waals surface area contributed by atoms with Crippen LogP contribution in [0.4, 0.5) is 0 Å². The first-order valence-corrected chi connectivity index (χ1v) is 11.5. The van der Waals surface area contributed by atoms with Gasteiger partial charge in [-0.3, -0.25) is 0 Å². The summed E-state index contributed by atoms with van der Waals surface area (Å²) in [5.41, 5.74) is 1.26. The maximum absolute atomic E-state index is 5.28. The lowest BCUT2D eigenvalue weighted by Crippen LogP contribution is -3.00. The lowest BCUT2D eigenvalue weighted by Gasteiger charge is -2.32. The van der Waals surface area contributed by atoms with Crippen LogP contribution < -0.4 is 28.3 Å². The largest absolute Gasteiger partial charge is 1.00 e. The van der Waals surface area contributed by atoms with Crippen molar-refractivity contribution in [2.24, 2.45) is 0 Å². The second-order valence-electron chi connectivity index (χ2n) is 6.51. The molecule has 0 fully saturated rings. The average molecular weight is 421 g/mol. The van der Waals surface area contributed by atoms with E-state index < -0.39 is 7.26 Å². The van der Waals surface area contributed by atoms with Crippen LogP contribution >= 0.6 is 19.9 Å². The Bertz CT molecular complexity index is 879. The van der Waals surface area contributed by atoms with E-state index in [-0.39, 0.29) is 17.4 Å². The van der Waals surface area contributed by atoms with Gasteiger partial charge in [0.2, 0.25) is 0 Å². The van der Waals surface area contributed by atoms with Crippen LogP contribution in [0.25, 0.3) is 0 Å². The standard InChI is InChI=1S/C25H21PS.ClH/c27-25(21-13-5-1-6-14-21)26(22-15-7-2-8-16-22,23-17-9-3-10-18-23)24-19-11-4-12-20-24;/h1-20,25H;1H. The van der Waals surface area contributed by atoms with Crippen LogP contribution in [0.3, 0.4) is 0 Å². The van der Waals surface area contributed by atoms with Crippen LogP contribution in [0.5, 0.6) is 0 Å². The molecule has 4 rings (SSSR count). The van der Waals surface area contributed by atoms with Crippen molar-refractivity contribution in [2.75, 3.05) is 0 Å². The van der Waals surface area contributed by atoms with Crippen LogP contribution in [0.1, 0.15) is 10.6 Å². The Hall–Kier alpha value is -2.05. The van der Waals surface area contributed by atoms with Gasteiger partial charge in [-0.2, -0.15) is 0 Å². The Morgan fingerprint density at radius 3 is 1.07 bits per heavy atom. The smallest absolute Gasteiger partial charge is 0.151 e. The molecule has 0 radical (unpaired) electrons. The molecule has 28 heavy (non-hydrogen) atoms. The van der Waals surface area contributed by atoms with Gasteiger partial charge < -0.3 is 12.4 Å². The summed E-state index contributed by atoms with van der Waals surface area (Å²) in [4.78, 5) is 0.0749. The molecule has 0 heterocycles. The Balaban J connectivity index is 0.00000225. The Kier molecular flexibility index (Phi) is 6.97. The second-order valence-corrected chi connectivity index (χ2v) is 10.9. The monoisotopic (exact) mass is 420 g/mol. The van der Waals surface area contributed by atoms with Gasteiger partial charge in [-0.25, -0.2) is 0 Å². The molecule has 0 saturated heterocycles. The molecule has 0 nitrogen and oxygen atoms in total. The molecule has 0 N–H and O–H groups in total. The summed E-state index contributed by atoms with van der Waals surface area (Å²) in [7, 11) is -2.00. The van der Waals surface area contributed by atoms with Gasteiger partial charge in [0.25, 0.3) is 0 Å². The minimum absolute atomic E-state index is 0. The molecule has 140 valence electrons. The summed E-state index contributed by atoms with van der Waals surface area (Å²) in [5.74, 6) is 0. The SMILES string of the molecule is SC(c1ccccc1)[P+](c1ccccc1)(c1ccccc1)c1ccccc1.[Cl-]. The van der Waals surface area contributed by atoms with E-state index in [9.17, 15) is 0 Å². The molecule has 3 heteroatoms. The van der Waals surface area contributed by atoms with Crippen molar-refractivity contribution in [1.29, 1.82) is 0 Å². The first kappa shape index (κ1) is 20.7. The molecule has 0 aromatic heterocycles. The fourth-order valence-electron chi connectivity index (χ4n) is 3.71. The molecule has 1 atom stereocenters. The van der Waals surface area contributed by atoms with Crippen molar-refractivity contribution in [1.82, 2.24) is 0 Å². The maximum atomic E-state index is 5.28. The van der Waals surface area contributed by atoms with Gasteiger partial charge in [-0.1, -0.05) is 84.9 Å². The van der Waals surface area contributed by atoms with Gasteiger partial charge in [0.1, 0.15) is 23.2 Å².